The predicted molar refractivity (Wildman–Crippen MR) is 76.5 cm³/mol. The van der Waals surface area contributed by atoms with Crippen LogP contribution in [-0.4, -0.2) is 5.78 Å². The number of aryl methyl sites for hydroxylation is 1. The van der Waals surface area contributed by atoms with E-state index in [-0.39, 0.29) is 18.2 Å². The Balaban J connectivity index is 2.21. The largest absolute Gasteiger partial charge is 0.488 e. The Bertz CT molecular complexity index is 620. The molecule has 0 N–H and O–H groups in total. The van der Waals surface area contributed by atoms with E-state index in [1.54, 1.807) is 24.3 Å². The van der Waals surface area contributed by atoms with Gasteiger partial charge in [0.05, 0.1) is 5.56 Å². The van der Waals surface area contributed by atoms with Gasteiger partial charge < -0.3 is 4.74 Å². The first kappa shape index (κ1) is 14.3. The van der Waals surface area contributed by atoms with E-state index in [1.165, 1.54) is 6.07 Å². The average molecular weight is 272 g/mol. The van der Waals surface area contributed by atoms with Gasteiger partial charge >= 0.3 is 0 Å². The number of halogens is 1. The second kappa shape index (κ2) is 6.33. The van der Waals surface area contributed by atoms with Gasteiger partial charge in [-0.1, -0.05) is 36.8 Å². The van der Waals surface area contributed by atoms with Crippen LogP contribution in [0.4, 0.5) is 4.39 Å². The topological polar surface area (TPSA) is 26.3 Å². The molecule has 0 atom stereocenters. The lowest BCUT2D eigenvalue weighted by atomic mass is 10.0. The summed E-state index contributed by atoms with van der Waals surface area (Å²) >= 11 is 0. The fourth-order valence-electron chi connectivity index (χ4n) is 1.95. The Morgan fingerprint density at radius 3 is 2.65 bits per heavy atom. The van der Waals surface area contributed by atoms with Crippen LogP contribution in [0.3, 0.4) is 0 Å². The van der Waals surface area contributed by atoms with Gasteiger partial charge in [-0.3, -0.25) is 4.79 Å². The second-order valence-corrected chi connectivity index (χ2v) is 4.66. The minimum atomic E-state index is -0.303. The van der Waals surface area contributed by atoms with E-state index in [0.29, 0.717) is 23.3 Å². The molecule has 0 bridgehead atoms. The van der Waals surface area contributed by atoms with Crippen molar-refractivity contribution in [3.8, 4) is 5.75 Å². The van der Waals surface area contributed by atoms with Crippen molar-refractivity contribution in [3.63, 3.8) is 0 Å². The quantitative estimate of drug-likeness (QED) is 0.758. The van der Waals surface area contributed by atoms with Gasteiger partial charge in [0.15, 0.2) is 5.78 Å². The summed E-state index contributed by atoms with van der Waals surface area (Å²) in [6.45, 7) is 3.85. The zero-order valence-corrected chi connectivity index (χ0v) is 11.7. The van der Waals surface area contributed by atoms with E-state index in [1.807, 2.05) is 26.0 Å². The van der Waals surface area contributed by atoms with Crippen molar-refractivity contribution in [2.45, 2.75) is 26.9 Å². The van der Waals surface area contributed by atoms with Gasteiger partial charge in [0.1, 0.15) is 18.2 Å². The highest BCUT2D eigenvalue weighted by molar-refractivity contribution is 5.98. The first-order valence-electron chi connectivity index (χ1n) is 6.62. The molecule has 0 unspecified atom stereocenters. The van der Waals surface area contributed by atoms with Crippen molar-refractivity contribution >= 4 is 5.78 Å². The molecule has 0 heterocycles. The molecule has 2 nitrogen and oxygen atoms in total. The smallest absolute Gasteiger partial charge is 0.166 e. The summed E-state index contributed by atoms with van der Waals surface area (Å²) in [6.07, 6.45) is 0.416. The summed E-state index contributed by atoms with van der Waals surface area (Å²) in [5.41, 5.74) is 2.03. The highest BCUT2D eigenvalue weighted by Gasteiger charge is 2.12. The Labute approximate surface area is 118 Å². The molecule has 0 fully saturated rings. The number of ether oxygens (including phenoxy) is 1. The van der Waals surface area contributed by atoms with Crippen molar-refractivity contribution < 1.29 is 13.9 Å². The number of hydrogen-bond acceptors (Lipinski definition) is 2. The van der Waals surface area contributed by atoms with Crippen LogP contribution in [0.25, 0.3) is 0 Å². The van der Waals surface area contributed by atoms with E-state index >= 15 is 0 Å². The SMILES string of the molecule is CCC(=O)c1cc(C)ccc1OCc1ccccc1F. The third-order valence-electron chi connectivity index (χ3n) is 3.10. The second-order valence-electron chi connectivity index (χ2n) is 4.66. The van der Waals surface area contributed by atoms with Crippen molar-refractivity contribution in [3.05, 3.63) is 65.0 Å². The van der Waals surface area contributed by atoms with Crippen LogP contribution >= 0.6 is 0 Å². The molecule has 0 aliphatic heterocycles. The summed E-state index contributed by atoms with van der Waals surface area (Å²) in [5.74, 6) is 0.228. The van der Waals surface area contributed by atoms with Gasteiger partial charge in [-0.15, -0.1) is 0 Å². The monoisotopic (exact) mass is 272 g/mol. The molecule has 0 saturated carbocycles. The molecule has 2 rings (SSSR count). The van der Waals surface area contributed by atoms with Crippen LogP contribution in [0, 0.1) is 12.7 Å². The lowest BCUT2D eigenvalue weighted by Gasteiger charge is -2.11. The number of carbonyl (C=O) groups is 1. The van der Waals surface area contributed by atoms with Crippen molar-refractivity contribution in [2.75, 3.05) is 0 Å². The zero-order chi connectivity index (χ0) is 14.5. The van der Waals surface area contributed by atoms with Crippen LogP contribution in [0.2, 0.25) is 0 Å². The number of Topliss-reactive ketones (excluding diaryl/α,β-unsaturated/α-hetero) is 1. The lowest BCUT2D eigenvalue weighted by molar-refractivity contribution is 0.0983. The third kappa shape index (κ3) is 3.23. The Hall–Kier alpha value is -2.16. The summed E-state index contributed by atoms with van der Waals surface area (Å²) in [6, 6.07) is 11.9. The van der Waals surface area contributed by atoms with Crippen LogP contribution < -0.4 is 4.74 Å². The van der Waals surface area contributed by atoms with E-state index in [4.69, 9.17) is 4.74 Å². The zero-order valence-electron chi connectivity index (χ0n) is 11.7. The van der Waals surface area contributed by atoms with Gasteiger partial charge in [-0.25, -0.2) is 4.39 Å². The molecule has 0 amide bonds. The first-order chi connectivity index (χ1) is 9.61. The molecule has 2 aromatic rings. The van der Waals surface area contributed by atoms with Crippen LogP contribution in [0.15, 0.2) is 42.5 Å². The first-order valence-corrected chi connectivity index (χ1v) is 6.62. The maximum Gasteiger partial charge on any atom is 0.166 e. The van der Waals surface area contributed by atoms with Crippen LogP contribution in [-0.2, 0) is 6.61 Å². The number of carbonyl (C=O) groups excluding carboxylic acids is 1. The molecular weight excluding hydrogens is 255 g/mol. The molecule has 20 heavy (non-hydrogen) atoms. The predicted octanol–water partition coefficient (Wildman–Crippen LogP) is 4.31. The van der Waals surface area contributed by atoms with Gasteiger partial charge in [0, 0.05) is 12.0 Å². The molecule has 2 aromatic carbocycles. The Kier molecular flexibility index (Phi) is 4.51. The molecule has 0 aliphatic carbocycles. The Morgan fingerprint density at radius 1 is 1.20 bits per heavy atom. The van der Waals surface area contributed by atoms with E-state index < -0.39 is 0 Å². The maximum absolute atomic E-state index is 13.5. The minimum absolute atomic E-state index is 0.0252. The standard InChI is InChI=1S/C17H17FO2/c1-3-16(19)14-10-12(2)8-9-17(14)20-11-13-6-4-5-7-15(13)18/h4-10H,3,11H2,1-2H3. The Morgan fingerprint density at radius 2 is 1.95 bits per heavy atom. The summed E-state index contributed by atoms with van der Waals surface area (Å²) in [4.78, 5) is 11.9. The summed E-state index contributed by atoms with van der Waals surface area (Å²) in [7, 11) is 0. The number of benzene rings is 2. The molecule has 0 radical (unpaired) electrons. The van der Waals surface area contributed by atoms with E-state index in [2.05, 4.69) is 0 Å². The lowest BCUT2D eigenvalue weighted by Crippen LogP contribution is -2.05. The van der Waals surface area contributed by atoms with Gasteiger partial charge in [0.2, 0.25) is 0 Å². The van der Waals surface area contributed by atoms with Gasteiger partial charge in [0.25, 0.3) is 0 Å². The average Bonchev–Trinajstić information content (AvgIpc) is 2.46. The third-order valence-corrected chi connectivity index (χ3v) is 3.10. The molecule has 0 spiro atoms. The fraction of sp³-hybridized carbons (Fsp3) is 0.235. The number of ketones is 1. The molecule has 0 aromatic heterocycles. The number of hydrogen-bond donors (Lipinski definition) is 0. The number of rotatable bonds is 5. The van der Waals surface area contributed by atoms with Crippen LogP contribution in [0.1, 0.15) is 34.8 Å². The fourth-order valence-corrected chi connectivity index (χ4v) is 1.95. The van der Waals surface area contributed by atoms with Crippen molar-refractivity contribution in [2.24, 2.45) is 0 Å². The highest BCUT2D eigenvalue weighted by Crippen LogP contribution is 2.23. The van der Waals surface area contributed by atoms with Gasteiger partial charge in [-0.2, -0.15) is 0 Å². The minimum Gasteiger partial charge on any atom is -0.488 e. The van der Waals surface area contributed by atoms with E-state index in [0.717, 1.165) is 5.56 Å². The highest BCUT2D eigenvalue weighted by atomic mass is 19.1. The summed E-state index contributed by atoms with van der Waals surface area (Å²) in [5, 5.41) is 0. The molecule has 0 saturated heterocycles. The molecule has 3 heteroatoms. The summed E-state index contributed by atoms with van der Waals surface area (Å²) < 4.78 is 19.2. The van der Waals surface area contributed by atoms with Crippen molar-refractivity contribution in [1.82, 2.24) is 0 Å². The maximum atomic E-state index is 13.5. The van der Waals surface area contributed by atoms with Crippen molar-refractivity contribution in [1.29, 1.82) is 0 Å². The molecule has 104 valence electrons. The molecule has 0 aliphatic rings. The normalized spacial score (nSPS) is 10.3. The van der Waals surface area contributed by atoms with Gasteiger partial charge in [-0.05, 0) is 25.1 Å². The van der Waals surface area contributed by atoms with E-state index in [9.17, 15) is 9.18 Å². The molecular formula is C17H17FO2. The van der Waals surface area contributed by atoms with Crippen LogP contribution in [0.5, 0.6) is 5.75 Å².